The van der Waals surface area contributed by atoms with Crippen LogP contribution in [0.2, 0.25) is 0 Å². The first-order chi connectivity index (χ1) is 28.0. The molecule has 0 bridgehead atoms. The van der Waals surface area contributed by atoms with Gasteiger partial charge in [0.2, 0.25) is 0 Å². The van der Waals surface area contributed by atoms with Gasteiger partial charge in [-0.1, -0.05) is 172 Å². The first kappa shape index (κ1) is 33.2. The zero-order valence-electron chi connectivity index (χ0n) is 32.0. The van der Waals surface area contributed by atoms with Crippen LogP contribution in [0.3, 0.4) is 0 Å². The van der Waals surface area contributed by atoms with Gasteiger partial charge >= 0.3 is 0 Å². The van der Waals surface area contributed by atoms with E-state index >= 15 is 0 Å². The van der Waals surface area contributed by atoms with Gasteiger partial charge in [-0.15, -0.1) is 0 Å². The van der Waals surface area contributed by atoms with E-state index in [1.807, 2.05) is 0 Å². The Balaban J connectivity index is 1.04. The summed E-state index contributed by atoms with van der Waals surface area (Å²) >= 11 is 0. The molecule has 0 fully saturated rings. The number of anilines is 3. The van der Waals surface area contributed by atoms with Crippen molar-refractivity contribution in [3.63, 3.8) is 0 Å². The second kappa shape index (κ2) is 13.0. The molecule has 0 aliphatic heterocycles. The molecule has 0 N–H and O–H groups in total. The molecule has 11 rings (SSSR count). The number of rotatable bonds is 6. The Morgan fingerprint density at radius 3 is 1.72 bits per heavy atom. The van der Waals surface area contributed by atoms with Gasteiger partial charge in [-0.25, -0.2) is 0 Å². The first-order valence-corrected chi connectivity index (χ1v) is 19.9. The molecule has 1 aliphatic rings. The molecule has 0 amide bonds. The van der Waals surface area contributed by atoms with E-state index in [0.29, 0.717) is 0 Å². The van der Waals surface area contributed by atoms with Crippen molar-refractivity contribution in [2.45, 2.75) is 19.3 Å². The highest BCUT2D eigenvalue weighted by Crippen LogP contribution is 2.53. The van der Waals surface area contributed by atoms with Gasteiger partial charge in [0.1, 0.15) is 0 Å². The second-order valence-electron chi connectivity index (χ2n) is 15.8. The molecule has 0 radical (unpaired) electrons. The highest BCUT2D eigenvalue weighted by molar-refractivity contribution is 6.19. The fourth-order valence-corrected chi connectivity index (χ4v) is 9.38. The van der Waals surface area contributed by atoms with Crippen LogP contribution >= 0.6 is 0 Å². The van der Waals surface area contributed by atoms with Gasteiger partial charge < -0.3 is 9.47 Å². The fraction of sp³-hybridized carbons (Fsp3) is 0.0545. The van der Waals surface area contributed by atoms with E-state index < -0.39 is 0 Å². The molecule has 1 aliphatic carbocycles. The van der Waals surface area contributed by atoms with Gasteiger partial charge in [0.25, 0.3) is 0 Å². The van der Waals surface area contributed by atoms with E-state index in [9.17, 15) is 0 Å². The summed E-state index contributed by atoms with van der Waals surface area (Å²) in [7, 11) is 0. The maximum atomic E-state index is 2.53. The van der Waals surface area contributed by atoms with Gasteiger partial charge in [0, 0.05) is 44.2 Å². The summed E-state index contributed by atoms with van der Waals surface area (Å²) in [5.74, 6) is 0. The van der Waals surface area contributed by atoms with Crippen LogP contribution in [-0.2, 0) is 5.41 Å². The summed E-state index contributed by atoms with van der Waals surface area (Å²) < 4.78 is 2.53. The Kier molecular flexibility index (Phi) is 7.55. The zero-order chi connectivity index (χ0) is 38.1. The van der Waals surface area contributed by atoms with Crippen LogP contribution in [0.5, 0.6) is 0 Å². The lowest BCUT2D eigenvalue weighted by Gasteiger charge is -2.28. The number of aromatic nitrogens is 1. The maximum absolute atomic E-state index is 2.53. The second-order valence-corrected chi connectivity index (χ2v) is 15.8. The zero-order valence-corrected chi connectivity index (χ0v) is 32.0. The van der Waals surface area contributed by atoms with Crippen molar-refractivity contribution in [3.05, 3.63) is 217 Å². The quantitative estimate of drug-likeness (QED) is 0.165. The largest absolute Gasteiger partial charge is 0.310 e. The number of benzene rings is 9. The van der Waals surface area contributed by atoms with Crippen LogP contribution in [-0.4, -0.2) is 4.57 Å². The standard InChI is InChI=1S/C55H40N2/c1-55(2)49-21-13-23-52(57-51-22-12-11-20-46(51)47-34-30-41-16-9-10-19-45(41)54(47)57)53(49)48-35-33-44(36-50(48)55)56(42-17-7-4-8-18-42)43-31-28-40(29-32-43)39-26-24-38(25-27-39)37-14-5-3-6-15-37/h3-36H,1-2H3. The molecule has 0 saturated heterocycles. The summed E-state index contributed by atoms with van der Waals surface area (Å²) in [6, 6.07) is 75.4. The molecule has 0 spiro atoms. The minimum atomic E-state index is -0.213. The molecule has 57 heavy (non-hydrogen) atoms. The predicted octanol–water partition coefficient (Wildman–Crippen LogP) is 15.0. The van der Waals surface area contributed by atoms with Crippen molar-refractivity contribution in [1.29, 1.82) is 0 Å². The summed E-state index contributed by atoms with van der Waals surface area (Å²) in [5, 5.41) is 5.08. The average Bonchev–Trinajstić information content (AvgIpc) is 3.73. The number of hydrogen-bond donors (Lipinski definition) is 0. The van der Waals surface area contributed by atoms with Gasteiger partial charge in [-0.3, -0.25) is 0 Å². The molecule has 0 atom stereocenters. The summed E-state index contributed by atoms with van der Waals surface area (Å²) in [5.41, 5.74) is 17.1. The minimum absolute atomic E-state index is 0.213. The monoisotopic (exact) mass is 728 g/mol. The van der Waals surface area contributed by atoms with Crippen LogP contribution in [0, 0.1) is 0 Å². The lowest BCUT2D eigenvalue weighted by molar-refractivity contribution is 0.660. The first-order valence-electron chi connectivity index (χ1n) is 19.9. The van der Waals surface area contributed by atoms with E-state index in [0.717, 1.165) is 17.1 Å². The van der Waals surface area contributed by atoms with E-state index in [1.165, 1.54) is 82.8 Å². The van der Waals surface area contributed by atoms with E-state index in [4.69, 9.17) is 0 Å². The van der Waals surface area contributed by atoms with Crippen molar-refractivity contribution >= 4 is 49.6 Å². The Hall–Kier alpha value is -7.16. The third kappa shape index (κ3) is 5.25. The molecular weight excluding hydrogens is 689 g/mol. The molecule has 1 aromatic heterocycles. The molecule has 2 heteroatoms. The van der Waals surface area contributed by atoms with Gasteiger partial charge in [0.05, 0.1) is 16.7 Å². The topological polar surface area (TPSA) is 8.17 Å². The van der Waals surface area contributed by atoms with Crippen LogP contribution < -0.4 is 4.90 Å². The Morgan fingerprint density at radius 1 is 0.404 bits per heavy atom. The van der Waals surface area contributed by atoms with Crippen molar-refractivity contribution in [1.82, 2.24) is 4.57 Å². The SMILES string of the molecule is CC1(C)c2cc(N(c3ccccc3)c3ccc(-c4ccc(-c5ccccc5)cc4)cc3)ccc2-c2c(-n3c4ccccc4c4ccc5ccccc5c43)cccc21. The van der Waals surface area contributed by atoms with Gasteiger partial charge in [-0.2, -0.15) is 0 Å². The Bertz CT molecular complexity index is 3120. The van der Waals surface area contributed by atoms with E-state index in [1.54, 1.807) is 0 Å². The molecule has 10 aromatic rings. The third-order valence-electron chi connectivity index (χ3n) is 12.2. The maximum Gasteiger partial charge on any atom is 0.0619 e. The van der Waals surface area contributed by atoms with Crippen LogP contribution in [0.25, 0.3) is 71.6 Å². The fourth-order valence-electron chi connectivity index (χ4n) is 9.38. The van der Waals surface area contributed by atoms with Crippen LogP contribution in [0.4, 0.5) is 17.1 Å². The molecule has 2 nitrogen and oxygen atoms in total. The smallest absolute Gasteiger partial charge is 0.0619 e. The van der Waals surface area contributed by atoms with Gasteiger partial charge in [-0.05, 0) is 92.9 Å². The molecule has 270 valence electrons. The summed E-state index contributed by atoms with van der Waals surface area (Å²) in [6.45, 7) is 4.77. The van der Waals surface area contributed by atoms with Crippen molar-refractivity contribution in [2.75, 3.05) is 4.90 Å². The lowest BCUT2D eigenvalue weighted by atomic mass is 9.82. The number of fused-ring (bicyclic) bond motifs is 8. The van der Waals surface area contributed by atoms with Crippen molar-refractivity contribution in [2.24, 2.45) is 0 Å². The molecule has 1 heterocycles. The molecule has 9 aromatic carbocycles. The predicted molar refractivity (Wildman–Crippen MR) is 241 cm³/mol. The van der Waals surface area contributed by atoms with E-state index in [-0.39, 0.29) is 5.41 Å². The van der Waals surface area contributed by atoms with Crippen LogP contribution in [0.1, 0.15) is 25.0 Å². The normalized spacial score (nSPS) is 12.9. The Morgan fingerprint density at radius 2 is 0.982 bits per heavy atom. The van der Waals surface area contributed by atoms with Crippen molar-refractivity contribution in [3.8, 4) is 39.1 Å². The Labute approximate surface area is 333 Å². The van der Waals surface area contributed by atoms with Crippen molar-refractivity contribution < 1.29 is 0 Å². The highest BCUT2D eigenvalue weighted by Gasteiger charge is 2.38. The number of hydrogen-bond acceptors (Lipinski definition) is 1. The average molecular weight is 729 g/mol. The minimum Gasteiger partial charge on any atom is -0.310 e. The summed E-state index contributed by atoms with van der Waals surface area (Å²) in [6.07, 6.45) is 0. The highest BCUT2D eigenvalue weighted by atomic mass is 15.1. The van der Waals surface area contributed by atoms with E-state index in [2.05, 4.69) is 230 Å². The molecular formula is C55H40N2. The molecule has 0 saturated carbocycles. The summed E-state index contributed by atoms with van der Waals surface area (Å²) in [4.78, 5) is 2.39. The number of para-hydroxylation sites is 2. The number of nitrogens with zero attached hydrogens (tertiary/aromatic N) is 2. The lowest BCUT2D eigenvalue weighted by Crippen LogP contribution is -2.16. The third-order valence-corrected chi connectivity index (χ3v) is 12.2. The van der Waals surface area contributed by atoms with Crippen LogP contribution in [0.15, 0.2) is 206 Å². The van der Waals surface area contributed by atoms with Gasteiger partial charge in [0.15, 0.2) is 0 Å². The molecule has 0 unspecified atom stereocenters.